The first-order chi connectivity index (χ1) is 16.5. The summed E-state index contributed by atoms with van der Waals surface area (Å²) in [5, 5.41) is 2.95. The predicted octanol–water partition coefficient (Wildman–Crippen LogP) is 5.02. The van der Waals surface area contributed by atoms with Crippen molar-refractivity contribution < 1.29 is 18.7 Å². The van der Waals surface area contributed by atoms with E-state index in [-0.39, 0.29) is 35.6 Å². The van der Waals surface area contributed by atoms with Crippen LogP contribution in [-0.4, -0.2) is 50.1 Å². The Morgan fingerprint density at radius 1 is 1.11 bits per heavy atom. The minimum atomic E-state index is -0.327. The summed E-state index contributed by atoms with van der Waals surface area (Å²) in [7, 11) is 3.93. The molecule has 190 valence electrons. The quantitative estimate of drug-likeness (QED) is 0.544. The van der Waals surface area contributed by atoms with E-state index in [0.717, 1.165) is 36.3 Å². The van der Waals surface area contributed by atoms with Crippen LogP contribution in [-0.2, 0) is 27.3 Å². The van der Waals surface area contributed by atoms with E-state index in [1.54, 1.807) is 12.1 Å². The van der Waals surface area contributed by atoms with Crippen LogP contribution in [0.2, 0.25) is 0 Å². The molecule has 1 fully saturated rings. The molecule has 1 aliphatic rings. The number of nitrogens with one attached hydrogen (secondary N) is 1. The van der Waals surface area contributed by atoms with Crippen LogP contribution in [0.5, 0.6) is 0 Å². The minimum absolute atomic E-state index is 0.0559. The Hall–Kier alpha value is -2.93. The number of ether oxygens (including phenoxy) is 1. The molecule has 1 aliphatic heterocycles. The molecule has 6 nitrogen and oxygen atoms in total. The lowest BCUT2D eigenvalue weighted by Crippen LogP contribution is -2.38. The highest BCUT2D eigenvalue weighted by Gasteiger charge is 2.26. The molecule has 0 aromatic heterocycles. The molecule has 0 bridgehead atoms. The van der Waals surface area contributed by atoms with Crippen molar-refractivity contribution in [3.8, 4) is 0 Å². The van der Waals surface area contributed by atoms with Crippen LogP contribution < -0.4 is 10.2 Å². The molecule has 7 heteroatoms. The summed E-state index contributed by atoms with van der Waals surface area (Å²) < 4.78 is 19.0. The fourth-order valence-corrected chi connectivity index (χ4v) is 4.28. The second-order valence-electron chi connectivity index (χ2n) is 10.7. The maximum absolute atomic E-state index is 13.3. The number of halogens is 1. The molecule has 2 amide bonds. The number of carbonyl (C=O) groups excluding carboxylic acids is 2. The maximum Gasteiger partial charge on any atom is 0.228 e. The largest absolute Gasteiger partial charge is 0.377 e. The molecule has 2 aromatic rings. The molecule has 1 atom stereocenters. The Morgan fingerprint density at radius 3 is 2.43 bits per heavy atom. The molecule has 0 saturated carbocycles. The second kappa shape index (κ2) is 11.7. The first kappa shape index (κ1) is 26.7. The van der Waals surface area contributed by atoms with Crippen LogP contribution in [0, 0.1) is 11.2 Å². The Labute approximate surface area is 208 Å². The smallest absolute Gasteiger partial charge is 0.228 e. The van der Waals surface area contributed by atoms with Gasteiger partial charge in [0, 0.05) is 51.6 Å². The molecule has 0 aliphatic carbocycles. The third-order valence-electron chi connectivity index (χ3n) is 5.97. The van der Waals surface area contributed by atoms with Crippen molar-refractivity contribution in [3.05, 3.63) is 59.4 Å². The van der Waals surface area contributed by atoms with Crippen molar-refractivity contribution in [3.63, 3.8) is 0 Å². The number of hydrogen-bond donors (Lipinski definition) is 1. The summed E-state index contributed by atoms with van der Waals surface area (Å²) in [6.07, 6.45) is 2.63. The van der Waals surface area contributed by atoms with Crippen molar-refractivity contribution in [2.24, 2.45) is 5.41 Å². The number of carbonyl (C=O) groups is 2. The standard InChI is InChI=1S/C28H38FN3O3/c1-28(2,3)17-27(34)32(19-24-7-6-14-35-24)18-21-16-23(12-13-25(21)31(4)5)30-26(33)15-20-8-10-22(29)11-9-20/h8-13,16,24H,6-7,14-15,17-19H2,1-5H3,(H,30,33)/t24-/m1/s1. The zero-order chi connectivity index (χ0) is 25.6. The molecule has 0 unspecified atom stereocenters. The fraction of sp³-hybridized carbons (Fsp3) is 0.500. The van der Waals surface area contributed by atoms with Gasteiger partial charge in [-0.2, -0.15) is 0 Å². The van der Waals surface area contributed by atoms with Crippen LogP contribution in [0.1, 0.15) is 51.2 Å². The molecule has 1 saturated heterocycles. The van der Waals surface area contributed by atoms with Gasteiger partial charge in [0.1, 0.15) is 5.82 Å². The van der Waals surface area contributed by atoms with E-state index in [4.69, 9.17) is 4.74 Å². The molecule has 1 N–H and O–H groups in total. The van der Waals surface area contributed by atoms with Gasteiger partial charge >= 0.3 is 0 Å². The van der Waals surface area contributed by atoms with E-state index < -0.39 is 0 Å². The molecular weight excluding hydrogens is 445 g/mol. The van der Waals surface area contributed by atoms with Crippen LogP contribution in [0.15, 0.2) is 42.5 Å². The van der Waals surface area contributed by atoms with Gasteiger partial charge in [0.05, 0.1) is 12.5 Å². The van der Waals surface area contributed by atoms with Crippen molar-refractivity contribution in [2.45, 2.75) is 59.1 Å². The number of amides is 2. The Kier molecular flexibility index (Phi) is 8.89. The van der Waals surface area contributed by atoms with Crippen LogP contribution in [0.3, 0.4) is 0 Å². The summed E-state index contributed by atoms with van der Waals surface area (Å²) in [5.41, 5.74) is 3.23. The monoisotopic (exact) mass is 483 g/mol. The summed E-state index contributed by atoms with van der Waals surface area (Å²) >= 11 is 0. The first-order valence-electron chi connectivity index (χ1n) is 12.2. The molecular formula is C28H38FN3O3. The number of rotatable bonds is 9. The van der Waals surface area contributed by atoms with E-state index in [2.05, 4.69) is 26.1 Å². The van der Waals surface area contributed by atoms with Gasteiger partial charge in [-0.3, -0.25) is 9.59 Å². The van der Waals surface area contributed by atoms with E-state index in [1.807, 2.05) is 42.1 Å². The molecule has 0 spiro atoms. The lowest BCUT2D eigenvalue weighted by molar-refractivity contribution is -0.135. The van der Waals surface area contributed by atoms with Gasteiger partial charge in [0.25, 0.3) is 0 Å². The van der Waals surface area contributed by atoms with Gasteiger partial charge in [-0.05, 0) is 59.7 Å². The number of nitrogens with zero attached hydrogens (tertiary/aromatic N) is 2. The second-order valence-corrected chi connectivity index (χ2v) is 10.7. The highest BCUT2D eigenvalue weighted by atomic mass is 19.1. The first-order valence-corrected chi connectivity index (χ1v) is 12.2. The number of hydrogen-bond acceptors (Lipinski definition) is 4. The van der Waals surface area contributed by atoms with Gasteiger partial charge in [0.2, 0.25) is 11.8 Å². The zero-order valence-electron chi connectivity index (χ0n) is 21.6. The van der Waals surface area contributed by atoms with Gasteiger partial charge in [0.15, 0.2) is 0 Å². The normalized spacial score (nSPS) is 15.7. The average molecular weight is 484 g/mol. The van der Waals surface area contributed by atoms with Crippen molar-refractivity contribution >= 4 is 23.2 Å². The van der Waals surface area contributed by atoms with Crippen molar-refractivity contribution in [2.75, 3.05) is 37.5 Å². The summed E-state index contributed by atoms with van der Waals surface area (Å²) in [5.74, 6) is -0.407. The third-order valence-corrected chi connectivity index (χ3v) is 5.97. The van der Waals surface area contributed by atoms with Crippen LogP contribution >= 0.6 is 0 Å². The lowest BCUT2D eigenvalue weighted by Gasteiger charge is -2.30. The summed E-state index contributed by atoms with van der Waals surface area (Å²) in [4.78, 5) is 29.8. The number of anilines is 2. The van der Waals surface area contributed by atoms with Crippen molar-refractivity contribution in [1.82, 2.24) is 4.90 Å². The van der Waals surface area contributed by atoms with Gasteiger partial charge in [-0.25, -0.2) is 4.39 Å². The van der Waals surface area contributed by atoms with E-state index in [0.29, 0.717) is 25.2 Å². The highest BCUT2D eigenvalue weighted by Crippen LogP contribution is 2.27. The van der Waals surface area contributed by atoms with Crippen LogP contribution in [0.4, 0.5) is 15.8 Å². The zero-order valence-corrected chi connectivity index (χ0v) is 21.6. The van der Waals surface area contributed by atoms with Gasteiger partial charge in [-0.1, -0.05) is 32.9 Å². The average Bonchev–Trinajstić information content (AvgIpc) is 3.27. The van der Waals surface area contributed by atoms with Gasteiger partial charge < -0.3 is 19.9 Å². The Morgan fingerprint density at radius 2 is 1.83 bits per heavy atom. The minimum Gasteiger partial charge on any atom is -0.377 e. The summed E-state index contributed by atoms with van der Waals surface area (Å²) in [6, 6.07) is 11.7. The van der Waals surface area contributed by atoms with E-state index in [1.165, 1.54) is 12.1 Å². The number of benzene rings is 2. The Bertz CT molecular complexity index is 1010. The lowest BCUT2D eigenvalue weighted by atomic mass is 9.91. The molecule has 2 aromatic carbocycles. The highest BCUT2D eigenvalue weighted by molar-refractivity contribution is 5.92. The summed E-state index contributed by atoms with van der Waals surface area (Å²) in [6.45, 7) is 7.93. The van der Waals surface area contributed by atoms with E-state index >= 15 is 0 Å². The van der Waals surface area contributed by atoms with Crippen molar-refractivity contribution in [1.29, 1.82) is 0 Å². The molecule has 3 rings (SSSR count). The fourth-order valence-electron chi connectivity index (χ4n) is 4.28. The van der Waals surface area contributed by atoms with E-state index in [9.17, 15) is 14.0 Å². The van der Waals surface area contributed by atoms with Gasteiger partial charge in [-0.15, -0.1) is 0 Å². The van der Waals surface area contributed by atoms with Crippen LogP contribution in [0.25, 0.3) is 0 Å². The predicted molar refractivity (Wildman–Crippen MR) is 138 cm³/mol. The maximum atomic E-state index is 13.3. The molecule has 35 heavy (non-hydrogen) atoms. The topological polar surface area (TPSA) is 61.9 Å². The third kappa shape index (κ3) is 8.35. The molecule has 1 heterocycles. The SMILES string of the molecule is CN(C)c1ccc(NC(=O)Cc2ccc(F)cc2)cc1CN(C[C@H]1CCCO1)C(=O)CC(C)(C)C. The Balaban J connectivity index is 1.79. The molecule has 0 radical (unpaired) electrons.